The summed E-state index contributed by atoms with van der Waals surface area (Å²) in [6.07, 6.45) is -2.75. The summed E-state index contributed by atoms with van der Waals surface area (Å²) < 4.78 is 11.1. The number of aromatic nitrogens is 7. The largest absolute Gasteiger partial charge is 0.481 e. The van der Waals surface area contributed by atoms with Crippen molar-refractivity contribution in [2.24, 2.45) is 17.6 Å². The summed E-state index contributed by atoms with van der Waals surface area (Å²) in [5.41, 5.74) is 9.80. The van der Waals surface area contributed by atoms with Crippen LogP contribution in [0.15, 0.2) is 70.6 Å². The van der Waals surface area contributed by atoms with E-state index in [-0.39, 0.29) is 79.6 Å². The molecule has 0 unspecified atom stereocenters. The molecule has 1 aromatic carbocycles. The lowest BCUT2D eigenvalue weighted by Gasteiger charge is -2.23. The van der Waals surface area contributed by atoms with E-state index in [9.17, 15) is 39.0 Å². The number of fused-ring (bicyclic) bond motifs is 14. The molecule has 10 bridgehead atoms. The number of amides is 4. The summed E-state index contributed by atoms with van der Waals surface area (Å²) >= 11 is 7.45. The smallest absolute Gasteiger partial charge is 0.413 e. The quantitative estimate of drug-likeness (QED) is 0.0599. The molecule has 8 aromatic rings. The van der Waals surface area contributed by atoms with E-state index in [1.807, 2.05) is 19.9 Å². The number of pyridine rings is 1. The number of ketones is 1. The van der Waals surface area contributed by atoms with E-state index in [0.717, 1.165) is 4.88 Å². The first-order valence-corrected chi connectivity index (χ1v) is 31.8. The van der Waals surface area contributed by atoms with E-state index in [2.05, 4.69) is 38.1 Å². The number of carboxylic acid groups (broad SMARTS) is 1. The molecule has 7 aromatic heterocycles. The fourth-order valence-electron chi connectivity index (χ4n) is 9.62. The molecule has 442 valence electrons. The summed E-state index contributed by atoms with van der Waals surface area (Å²) in [4.78, 5) is 116. The lowest BCUT2D eigenvalue weighted by molar-refractivity contribution is -0.141. The van der Waals surface area contributed by atoms with Gasteiger partial charge in [-0.2, -0.15) is 0 Å². The van der Waals surface area contributed by atoms with Crippen molar-refractivity contribution in [2.45, 2.75) is 89.3 Å². The summed E-state index contributed by atoms with van der Waals surface area (Å²) in [6, 6.07) is 9.80. The zero-order valence-corrected chi connectivity index (χ0v) is 51.1. The SMILES string of the molecule is C=C1NCC(=O)N[C@@H]([C@@H](O)c2ccccc2)c2nc(cs2)-c2nc(cs2)-c2nc(-c3nc(NC(=O)O[C@H]4C[C@@H](C(=O)O)C[C@@H]4N)cs3)ccc2-c2nc(cs2)C(=O)N[C@@H](CC(=O)NC)c2nc(c(C)s2)C(=O)C[C@H](C(C)C)c2nc1c(COC)s2. The first-order valence-electron chi connectivity index (χ1n) is 26.6. The van der Waals surface area contributed by atoms with Crippen LogP contribution in [0.3, 0.4) is 0 Å². The van der Waals surface area contributed by atoms with E-state index in [1.165, 1.54) is 75.1 Å². The molecule has 4 amide bonds. The lowest BCUT2D eigenvalue weighted by atomic mass is 9.90. The number of carbonyl (C=O) groups is 6. The van der Waals surface area contributed by atoms with Crippen LogP contribution in [0.2, 0.25) is 0 Å². The molecule has 10 rings (SSSR count). The van der Waals surface area contributed by atoms with Crippen molar-refractivity contribution in [3.8, 4) is 43.4 Å². The number of carbonyl (C=O) groups excluding carboxylic acids is 5. The number of anilines is 1. The highest BCUT2D eigenvalue weighted by Crippen LogP contribution is 2.41. The van der Waals surface area contributed by atoms with Crippen LogP contribution in [0, 0.1) is 18.8 Å². The van der Waals surface area contributed by atoms with E-state index < -0.39 is 60.1 Å². The van der Waals surface area contributed by atoms with E-state index in [4.69, 9.17) is 45.1 Å². The highest BCUT2D eigenvalue weighted by atomic mass is 32.1. The second-order valence-corrected chi connectivity index (χ2v) is 26.2. The normalized spacial score (nSPS) is 19.8. The number of thiazole rings is 6. The van der Waals surface area contributed by atoms with Gasteiger partial charge in [-0.05, 0) is 43.4 Å². The highest BCUT2D eigenvalue weighted by molar-refractivity contribution is 7.15. The number of benzene rings is 1. The summed E-state index contributed by atoms with van der Waals surface area (Å²) in [5, 5.41) is 45.2. The zero-order valence-electron chi connectivity index (χ0n) is 46.2. The molecule has 8 heterocycles. The number of nitrogens with two attached hydrogens (primary N) is 1. The van der Waals surface area contributed by atoms with Crippen LogP contribution in [0.5, 0.6) is 0 Å². The molecule has 1 fully saturated rings. The van der Waals surface area contributed by atoms with Gasteiger partial charge in [-0.3, -0.25) is 29.3 Å². The monoisotopic (exact) mass is 1260 g/mol. The van der Waals surface area contributed by atoms with Gasteiger partial charge >= 0.3 is 12.1 Å². The van der Waals surface area contributed by atoms with Crippen LogP contribution in [-0.4, -0.2) is 114 Å². The highest BCUT2D eigenvalue weighted by Gasteiger charge is 2.39. The Bertz CT molecular complexity index is 3810. The molecule has 0 radical (unpaired) electrons. The van der Waals surface area contributed by atoms with Crippen molar-refractivity contribution < 1.29 is 48.5 Å². The van der Waals surface area contributed by atoms with Crippen molar-refractivity contribution in [1.82, 2.24) is 56.2 Å². The Balaban J connectivity index is 1.02. The van der Waals surface area contributed by atoms with Crippen LogP contribution in [0.25, 0.3) is 49.1 Å². The van der Waals surface area contributed by atoms with Crippen molar-refractivity contribution in [3.63, 3.8) is 0 Å². The number of hydrogen-bond acceptors (Lipinski definition) is 24. The summed E-state index contributed by atoms with van der Waals surface area (Å²) in [6.45, 7) is 9.94. The lowest BCUT2D eigenvalue weighted by Crippen LogP contribution is -2.38. The summed E-state index contributed by atoms with van der Waals surface area (Å²) in [5.74, 6) is -3.72. The van der Waals surface area contributed by atoms with Gasteiger partial charge in [0.25, 0.3) is 5.91 Å². The molecular formula is C56H57N13O10S6. The fourth-order valence-corrected chi connectivity index (χ4v) is 15.2. The van der Waals surface area contributed by atoms with Gasteiger partial charge in [0.2, 0.25) is 11.8 Å². The maximum atomic E-state index is 14.4. The average Bonchev–Trinajstić information content (AvgIpc) is 4.26. The second-order valence-electron chi connectivity index (χ2n) is 20.3. The van der Waals surface area contributed by atoms with Gasteiger partial charge in [-0.1, -0.05) is 50.8 Å². The Hall–Kier alpha value is -7.61. The van der Waals surface area contributed by atoms with Crippen LogP contribution in [-0.2, 0) is 30.5 Å². The van der Waals surface area contributed by atoms with E-state index in [1.54, 1.807) is 72.0 Å². The van der Waals surface area contributed by atoms with Gasteiger partial charge in [0.15, 0.2) is 5.78 Å². The molecule has 1 aliphatic heterocycles. The van der Waals surface area contributed by atoms with Gasteiger partial charge in [0, 0.05) is 64.5 Å². The number of carboxylic acids is 1. The molecule has 29 heteroatoms. The Morgan fingerprint density at radius 1 is 0.800 bits per heavy atom. The Morgan fingerprint density at radius 2 is 1.52 bits per heavy atom. The molecule has 0 saturated heterocycles. The van der Waals surface area contributed by atoms with Gasteiger partial charge in [-0.25, -0.2) is 39.7 Å². The maximum absolute atomic E-state index is 14.4. The van der Waals surface area contributed by atoms with E-state index >= 15 is 0 Å². The van der Waals surface area contributed by atoms with Crippen LogP contribution < -0.4 is 32.3 Å². The minimum absolute atomic E-state index is 0.0339. The number of nitrogens with zero attached hydrogens (tertiary/aromatic N) is 7. The number of aliphatic hydroxyl groups is 1. The predicted octanol–water partition coefficient (Wildman–Crippen LogP) is 8.77. The molecule has 0 spiro atoms. The number of aryl methyl sites for hydroxylation is 1. The first-order chi connectivity index (χ1) is 40.8. The van der Waals surface area contributed by atoms with Crippen LogP contribution in [0.1, 0.15) is 121 Å². The third kappa shape index (κ3) is 13.7. The molecule has 85 heavy (non-hydrogen) atoms. The molecular weight excluding hydrogens is 1210 g/mol. The number of hydrogen-bond donors (Lipinski definition) is 8. The third-order valence-electron chi connectivity index (χ3n) is 14.1. The Morgan fingerprint density at radius 3 is 2.26 bits per heavy atom. The van der Waals surface area contributed by atoms with Crippen molar-refractivity contribution in [3.05, 3.63) is 118 Å². The number of aliphatic hydroxyl groups excluding tert-OH is 1. The molecule has 1 saturated carbocycles. The van der Waals surface area contributed by atoms with Gasteiger partial charge in [-0.15, -0.1) is 68.0 Å². The number of ether oxygens (including phenoxy) is 2. The minimum Gasteiger partial charge on any atom is -0.481 e. The number of Topliss-reactive ketones (excluding diaryl/α,β-unsaturated/α-hetero) is 1. The predicted molar refractivity (Wildman–Crippen MR) is 325 cm³/mol. The molecule has 9 N–H and O–H groups in total. The number of methoxy groups -OCH3 is 1. The van der Waals surface area contributed by atoms with E-state index in [0.29, 0.717) is 80.2 Å². The molecule has 2 aliphatic rings. The first kappa shape index (κ1) is 60.5. The van der Waals surface area contributed by atoms with Crippen molar-refractivity contribution >= 4 is 115 Å². The fraction of sp³-hybridized carbons (Fsp3) is 0.339. The summed E-state index contributed by atoms with van der Waals surface area (Å²) in [7, 11) is 3.05. The maximum Gasteiger partial charge on any atom is 0.413 e. The van der Waals surface area contributed by atoms with Gasteiger partial charge in [0.1, 0.15) is 83.3 Å². The number of nitrogens with one attached hydrogen (secondary N) is 5. The molecule has 1 aliphatic carbocycles. The average molecular weight is 1260 g/mol. The topological polar surface area (TPSA) is 338 Å². The van der Waals surface area contributed by atoms with Crippen LogP contribution in [0.4, 0.5) is 10.6 Å². The zero-order chi connectivity index (χ0) is 60.2. The van der Waals surface area contributed by atoms with Crippen molar-refractivity contribution in [1.29, 1.82) is 0 Å². The molecule has 7 atom stereocenters. The minimum atomic E-state index is -1.22. The standard InChI is InChI=1S/C56H57N13O10S6/c1-24(2)30-16-37(70)44-26(4)84-53(69-44)33(17-41(71)58-5)61-48(74)35-21-80-49(63-35)29-12-13-32(51-65-40(23-83-51)66-56(77)79-38-15-28(55(75)76)14-31(38)57)60-45(29)34-20-81-52(62-34)36-22-82-54(64-36)46(47(73)27-10-8-7-9-11-27)67-42(72)18-59-25(3)43-39(19-78-6)85-50(30)68-43/h7-13,20-24,28,30-31,33,38,46-47,59,73H,3,14-19,57H2,1-2,4-6H3,(H,58,71)(H,61,74)(H,66,77)(H,67,72)(H,75,76)/t28-,30+,31-,33-,38-,46-,47-/m0/s1. The number of rotatable bonds is 11. The second kappa shape index (κ2) is 26.3. The number of aliphatic carboxylic acids is 1. The van der Waals surface area contributed by atoms with Crippen molar-refractivity contribution in [2.75, 3.05) is 26.0 Å². The Labute approximate surface area is 510 Å². The van der Waals surface area contributed by atoms with Gasteiger partial charge in [0.05, 0.1) is 52.8 Å². The van der Waals surface area contributed by atoms with Crippen LogP contribution >= 0.6 is 68.0 Å². The molecule has 23 nitrogen and oxygen atoms in total. The third-order valence-corrected chi connectivity index (χ3v) is 19.9. The Kier molecular flexibility index (Phi) is 18.8. The van der Waals surface area contributed by atoms with Gasteiger partial charge < -0.3 is 46.7 Å².